The van der Waals surface area contributed by atoms with E-state index in [1.54, 1.807) is 0 Å². The van der Waals surface area contributed by atoms with Crippen LogP contribution < -0.4 is 0 Å². The Labute approximate surface area is 613 Å². The fourth-order valence-corrected chi connectivity index (χ4v) is 14.1. The zero-order valence-electron chi connectivity index (χ0n) is 65.5. The fourth-order valence-electron chi connectivity index (χ4n) is 12.5. The Morgan fingerprint density at radius 3 is 0.760 bits per heavy atom. The molecule has 6 atom stereocenters. The molecule has 0 spiro atoms. The Bertz CT molecular complexity index is 1930. The Kier molecular flexibility index (Phi) is 71.2. The van der Waals surface area contributed by atoms with E-state index < -0.39 is 97.5 Å². The Morgan fingerprint density at radius 1 is 0.290 bits per heavy atom. The lowest BCUT2D eigenvalue weighted by Crippen LogP contribution is -2.30. The first-order valence-corrected chi connectivity index (χ1v) is 45.0. The summed E-state index contributed by atoms with van der Waals surface area (Å²) in [5.74, 6) is -0.557. The van der Waals surface area contributed by atoms with Gasteiger partial charge in [0, 0.05) is 25.7 Å². The SMILES string of the molecule is CCCCCCCCCCCCCCCCCCC(=O)OC[C@H](COP(=O)(O)OC[C@@H](O)COP(=O)(O)OC[C@@H](COC(=O)CCCCCCCCCC(C)C)OC(=O)CCCCCCCCCCCCCCCCCC)OC(=O)CCCCCCCCCCCCCCCCC(C)CC. The zero-order chi connectivity index (χ0) is 73.5. The van der Waals surface area contributed by atoms with Crippen LogP contribution >= 0.6 is 15.6 Å². The zero-order valence-corrected chi connectivity index (χ0v) is 67.3. The first-order valence-electron chi connectivity index (χ1n) is 42.0. The topological polar surface area (TPSA) is 237 Å². The number of ether oxygens (including phenoxy) is 4. The van der Waals surface area contributed by atoms with Crippen molar-refractivity contribution in [3.05, 3.63) is 0 Å². The first kappa shape index (κ1) is 98.1. The van der Waals surface area contributed by atoms with Crippen molar-refractivity contribution in [3.63, 3.8) is 0 Å². The van der Waals surface area contributed by atoms with E-state index in [-0.39, 0.29) is 25.7 Å². The third kappa shape index (κ3) is 73.0. The Balaban J connectivity index is 5.25. The minimum absolute atomic E-state index is 0.108. The molecule has 0 fully saturated rings. The second kappa shape index (κ2) is 72.6. The number of carbonyl (C=O) groups is 4. The summed E-state index contributed by atoms with van der Waals surface area (Å²) in [7, 11) is -9.92. The molecule has 3 N–H and O–H groups in total. The van der Waals surface area contributed by atoms with Crippen LogP contribution in [0.15, 0.2) is 0 Å². The van der Waals surface area contributed by atoms with Crippen molar-refractivity contribution >= 4 is 39.5 Å². The summed E-state index contributed by atoms with van der Waals surface area (Å²) in [5, 5.41) is 10.6. The van der Waals surface area contributed by atoms with Crippen LogP contribution in [0.25, 0.3) is 0 Å². The van der Waals surface area contributed by atoms with E-state index >= 15 is 0 Å². The van der Waals surface area contributed by atoms with Gasteiger partial charge in [-0.25, -0.2) is 9.13 Å². The minimum Gasteiger partial charge on any atom is -0.462 e. The molecule has 0 aromatic carbocycles. The molecule has 0 aromatic heterocycles. The number of aliphatic hydroxyl groups excluding tert-OH is 1. The van der Waals surface area contributed by atoms with Gasteiger partial charge in [0.25, 0.3) is 0 Å². The number of phosphoric ester groups is 2. The van der Waals surface area contributed by atoms with Gasteiger partial charge in [-0.2, -0.15) is 0 Å². The van der Waals surface area contributed by atoms with Crippen LogP contribution in [0.4, 0.5) is 0 Å². The number of phosphoric acid groups is 2. The highest BCUT2D eigenvalue weighted by Gasteiger charge is 2.30. The van der Waals surface area contributed by atoms with Crippen molar-refractivity contribution in [1.82, 2.24) is 0 Å². The summed E-state index contributed by atoms with van der Waals surface area (Å²) in [6.07, 6.45) is 62.4. The highest BCUT2D eigenvalue weighted by Crippen LogP contribution is 2.45. The predicted molar refractivity (Wildman–Crippen MR) is 409 cm³/mol. The van der Waals surface area contributed by atoms with E-state index in [0.29, 0.717) is 31.6 Å². The van der Waals surface area contributed by atoms with Crippen LogP contribution in [0.5, 0.6) is 0 Å². The summed E-state index contributed by atoms with van der Waals surface area (Å²) >= 11 is 0. The van der Waals surface area contributed by atoms with Gasteiger partial charge in [-0.15, -0.1) is 0 Å². The molecule has 0 saturated heterocycles. The molecule has 100 heavy (non-hydrogen) atoms. The van der Waals surface area contributed by atoms with Gasteiger partial charge in [-0.05, 0) is 37.5 Å². The lowest BCUT2D eigenvalue weighted by Gasteiger charge is -2.21. The number of hydrogen-bond acceptors (Lipinski definition) is 15. The Morgan fingerprint density at radius 2 is 0.510 bits per heavy atom. The van der Waals surface area contributed by atoms with E-state index in [9.17, 15) is 43.2 Å². The predicted octanol–water partition coefficient (Wildman–Crippen LogP) is 24.3. The highest BCUT2D eigenvalue weighted by atomic mass is 31.2. The number of esters is 4. The van der Waals surface area contributed by atoms with Crippen LogP contribution in [0.3, 0.4) is 0 Å². The summed E-state index contributed by atoms with van der Waals surface area (Å²) in [6.45, 7) is 9.64. The average molecular weight is 1470 g/mol. The molecule has 0 aromatic rings. The second-order valence-corrected chi connectivity index (χ2v) is 32.8. The molecule has 3 unspecified atom stereocenters. The molecular weight excluding hydrogens is 1310 g/mol. The molecule has 0 radical (unpaired) electrons. The van der Waals surface area contributed by atoms with E-state index in [1.165, 1.54) is 238 Å². The van der Waals surface area contributed by atoms with Crippen LogP contribution in [0.1, 0.15) is 427 Å². The van der Waals surface area contributed by atoms with Crippen LogP contribution in [0, 0.1) is 11.8 Å². The molecule has 0 saturated carbocycles. The lowest BCUT2D eigenvalue weighted by molar-refractivity contribution is -0.161. The van der Waals surface area contributed by atoms with Gasteiger partial charge in [-0.1, -0.05) is 375 Å². The van der Waals surface area contributed by atoms with E-state index in [4.69, 9.17) is 37.0 Å². The standard InChI is InChI=1S/C81H158O17P2/c1-7-10-12-14-16-18-20-22-24-26-31-35-39-45-51-57-63-78(83)91-69-76(97-80(85)66-60-54-47-41-37-33-29-28-30-34-38-44-50-56-62-74(6)9-3)71-95-99(87,88)93-67-75(82)68-94-100(89,90)96-72-77(70-92-79(84)64-58-52-48-42-43-49-55-61-73(4)5)98-81(86)65-59-53-46-40-36-32-27-25-23-21-19-17-15-13-11-8-2/h73-77,82H,7-72H2,1-6H3,(H,87,88)(H,89,90)/t74?,75-,76-,77-/m1/s1. The summed E-state index contributed by atoms with van der Waals surface area (Å²) in [4.78, 5) is 73.0. The summed E-state index contributed by atoms with van der Waals surface area (Å²) < 4.78 is 68.7. The van der Waals surface area contributed by atoms with Crippen molar-refractivity contribution in [1.29, 1.82) is 0 Å². The van der Waals surface area contributed by atoms with Crippen molar-refractivity contribution in [2.45, 2.75) is 445 Å². The van der Waals surface area contributed by atoms with E-state index in [2.05, 4.69) is 41.5 Å². The molecular formula is C81H158O17P2. The van der Waals surface area contributed by atoms with Crippen molar-refractivity contribution in [3.8, 4) is 0 Å². The molecule has 0 aliphatic heterocycles. The number of aliphatic hydroxyl groups is 1. The molecule has 0 rings (SSSR count). The highest BCUT2D eigenvalue weighted by molar-refractivity contribution is 7.47. The van der Waals surface area contributed by atoms with Gasteiger partial charge in [0.15, 0.2) is 12.2 Å². The molecule has 594 valence electrons. The smallest absolute Gasteiger partial charge is 0.462 e. The van der Waals surface area contributed by atoms with E-state index in [0.717, 1.165) is 102 Å². The van der Waals surface area contributed by atoms with Crippen molar-refractivity contribution in [2.75, 3.05) is 39.6 Å². The molecule has 0 amide bonds. The van der Waals surface area contributed by atoms with Crippen molar-refractivity contribution < 1.29 is 80.2 Å². The monoisotopic (exact) mass is 1470 g/mol. The molecule has 0 aliphatic carbocycles. The van der Waals surface area contributed by atoms with Gasteiger partial charge in [-0.3, -0.25) is 37.3 Å². The maximum Gasteiger partial charge on any atom is 0.472 e. The first-order chi connectivity index (χ1) is 48.4. The van der Waals surface area contributed by atoms with Gasteiger partial charge in [0.2, 0.25) is 0 Å². The third-order valence-electron chi connectivity index (χ3n) is 19.3. The molecule has 19 heteroatoms. The molecule has 17 nitrogen and oxygen atoms in total. The second-order valence-electron chi connectivity index (χ2n) is 29.9. The maximum absolute atomic E-state index is 13.1. The fraction of sp³-hybridized carbons (Fsp3) is 0.951. The minimum atomic E-state index is -4.96. The van der Waals surface area contributed by atoms with E-state index in [1.807, 2.05) is 0 Å². The maximum atomic E-state index is 13.1. The summed E-state index contributed by atoms with van der Waals surface area (Å²) in [6, 6.07) is 0. The lowest BCUT2D eigenvalue weighted by atomic mass is 9.99. The molecule has 0 heterocycles. The normalized spacial score (nSPS) is 14.2. The van der Waals surface area contributed by atoms with Gasteiger partial charge < -0.3 is 33.8 Å². The molecule has 0 bridgehead atoms. The molecule has 0 aliphatic rings. The van der Waals surface area contributed by atoms with Gasteiger partial charge in [0.1, 0.15) is 19.3 Å². The third-order valence-corrected chi connectivity index (χ3v) is 21.2. The van der Waals surface area contributed by atoms with Crippen LogP contribution in [-0.4, -0.2) is 96.7 Å². The van der Waals surface area contributed by atoms with Crippen LogP contribution in [0.2, 0.25) is 0 Å². The number of carbonyl (C=O) groups excluding carboxylic acids is 4. The van der Waals surface area contributed by atoms with Gasteiger partial charge in [0.05, 0.1) is 26.4 Å². The number of unbranched alkanes of at least 4 members (excludes halogenated alkanes) is 49. The summed E-state index contributed by atoms with van der Waals surface area (Å²) in [5.41, 5.74) is 0. The van der Waals surface area contributed by atoms with Crippen molar-refractivity contribution in [2.24, 2.45) is 11.8 Å². The number of rotatable bonds is 80. The number of hydrogen-bond donors (Lipinski definition) is 3. The largest absolute Gasteiger partial charge is 0.472 e. The Hall–Kier alpha value is -1.94. The quantitative estimate of drug-likeness (QED) is 0.0222. The van der Waals surface area contributed by atoms with Crippen LogP contribution in [-0.2, 0) is 65.4 Å². The average Bonchev–Trinajstić information content (AvgIpc) is 0.930. The van der Waals surface area contributed by atoms with Gasteiger partial charge >= 0.3 is 39.5 Å².